The van der Waals surface area contributed by atoms with E-state index < -0.39 is 5.67 Å². The van der Waals surface area contributed by atoms with Crippen LogP contribution >= 0.6 is 0 Å². The summed E-state index contributed by atoms with van der Waals surface area (Å²) < 4.78 is 14.4. The predicted molar refractivity (Wildman–Crippen MR) is 55.8 cm³/mol. The van der Waals surface area contributed by atoms with E-state index in [9.17, 15) is 4.39 Å². The second-order valence-corrected chi connectivity index (χ2v) is 4.04. The molecule has 0 saturated carbocycles. The minimum Gasteiger partial charge on any atom is -0.398 e. The second-order valence-electron chi connectivity index (χ2n) is 4.04. The number of likely N-dealkylation sites (tertiary alicyclic amines) is 1. The molecule has 1 aliphatic rings. The minimum atomic E-state index is -1.25. The molecule has 1 unspecified atom stereocenters. The van der Waals surface area contributed by atoms with E-state index in [1.165, 1.54) is 0 Å². The van der Waals surface area contributed by atoms with Crippen molar-refractivity contribution in [2.24, 2.45) is 0 Å². The molecule has 0 amide bonds. The van der Waals surface area contributed by atoms with E-state index in [1.54, 1.807) is 12.1 Å². The monoisotopic (exact) mass is 194 g/mol. The van der Waals surface area contributed by atoms with Crippen LogP contribution in [-0.4, -0.2) is 25.0 Å². The lowest BCUT2D eigenvalue weighted by atomic mass is 9.93. The second kappa shape index (κ2) is 3.24. The fourth-order valence-corrected chi connectivity index (χ4v) is 2.08. The smallest absolute Gasteiger partial charge is 0.151 e. The molecule has 2 nitrogen and oxygen atoms in total. The summed E-state index contributed by atoms with van der Waals surface area (Å²) in [4.78, 5) is 1.99. The van der Waals surface area contributed by atoms with Gasteiger partial charge in [0.05, 0.1) is 0 Å². The van der Waals surface area contributed by atoms with Crippen LogP contribution in [0.2, 0.25) is 0 Å². The normalized spacial score (nSPS) is 28.1. The van der Waals surface area contributed by atoms with Gasteiger partial charge in [-0.1, -0.05) is 18.2 Å². The molecule has 3 heteroatoms. The number of hydrogen-bond acceptors (Lipinski definition) is 2. The summed E-state index contributed by atoms with van der Waals surface area (Å²) in [5, 5.41) is 0. The first-order valence-electron chi connectivity index (χ1n) is 4.84. The molecule has 2 N–H and O–H groups in total. The molecule has 1 fully saturated rings. The largest absolute Gasteiger partial charge is 0.398 e. The van der Waals surface area contributed by atoms with Gasteiger partial charge in [0.25, 0.3) is 0 Å². The summed E-state index contributed by atoms with van der Waals surface area (Å²) in [6, 6.07) is 7.22. The zero-order chi connectivity index (χ0) is 10.2. The van der Waals surface area contributed by atoms with Gasteiger partial charge in [0.2, 0.25) is 0 Å². The van der Waals surface area contributed by atoms with Gasteiger partial charge in [0.1, 0.15) is 0 Å². The maximum Gasteiger partial charge on any atom is 0.151 e. The molecule has 1 saturated heterocycles. The Morgan fingerprint density at radius 2 is 2.14 bits per heavy atom. The summed E-state index contributed by atoms with van der Waals surface area (Å²) in [5.41, 5.74) is 5.73. The highest BCUT2D eigenvalue weighted by atomic mass is 19.1. The molecular weight excluding hydrogens is 179 g/mol. The van der Waals surface area contributed by atoms with Crippen molar-refractivity contribution in [1.29, 1.82) is 0 Å². The van der Waals surface area contributed by atoms with Gasteiger partial charge in [-0.05, 0) is 19.5 Å². The first-order chi connectivity index (χ1) is 6.62. The third kappa shape index (κ3) is 1.48. The molecular formula is C11H15FN2. The van der Waals surface area contributed by atoms with Crippen LogP contribution in [0, 0.1) is 0 Å². The van der Waals surface area contributed by atoms with Crippen molar-refractivity contribution >= 4 is 5.69 Å². The number of rotatable bonds is 1. The fourth-order valence-electron chi connectivity index (χ4n) is 2.08. The summed E-state index contributed by atoms with van der Waals surface area (Å²) in [7, 11) is 1.93. The van der Waals surface area contributed by atoms with Crippen LogP contribution in [0.3, 0.4) is 0 Å². The van der Waals surface area contributed by atoms with Crippen molar-refractivity contribution in [3.63, 3.8) is 0 Å². The van der Waals surface area contributed by atoms with E-state index in [4.69, 9.17) is 5.73 Å². The number of likely N-dealkylation sites (N-methyl/N-ethyl adjacent to an activating group) is 1. The van der Waals surface area contributed by atoms with Gasteiger partial charge < -0.3 is 10.6 Å². The molecule has 1 atom stereocenters. The maximum atomic E-state index is 14.4. The van der Waals surface area contributed by atoms with Crippen LogP contribution in [0.1, 0.15) is 12.0 Å². The number of alkyl halides is 1. The molecule has 1 aliphatic heterocycles. The van der Waals surface area contributed by atoms with Crippen molar-refractivity contribution in [2.45, 2.75) is 12.1 Å². The van der Waals surface area contributed by atoms with Crippen molar-refractivity contribution in [3.05, 3.63) is 29.8 Å². The lowest BCUT2D eigenvalue weighted by Gasteiger charge is -2.21. The average molecular weight is 194 g/mol. The highest BCUT2D eigenvalue weighted by Gasteiger charge is 2.39. The zero-order valence-electron chi connectivity index (χ0n) is 8.33. The number of nitrogens with zero attached hydrogens (tertiary/aromatic N) is 1. The van der Waals surface area contributed by atoms with E-state index in [0.717, 1.165) is 6.54 Å². The molecule has 0 aromatic heterocycles. The Morgan fingerprint density at radius 3 is 2.71 bits per heavy atom. The molecule has 1 aromatic rings. The molecule has 0 radical (unpaired) electrons. The Balaban J connectivity index is 2.35. The number of benzene rings is 1. The molecule has 0 spiro atoms. The van der Waals surface area contributed by atoms with Crippen molar-refractivity contribution in [2.75, 3.05) is 25.9 Å². The number of nitrogen functional groups attached to an aromatic ring is 1. The van der Waals surface area contributed by atoms with Crippen LogP contribution in [0.4, 0.5) is 10.1 Å². The number of nitrogens with two attached hydrogens (primary N) is 1. The molecule has 76 valence electrons. The standard InChI is InChI=1S/C11H15FN2/c1-14-7-6-11(12,8-14)9-4-2-3-5-10(9)13/h2-5H,6-8,13H2,1H3. The molecule has 0 aliphatic carbocycles. The number of hydrogen-bond donors (Lipinski definition) is 1. The Bertz CT molecular complexity index is 340. The van der Waals surface area contributed by atoms with Gasteiger partial charge in [0.15, 0.2) is 5.67 Å². The summed E-state index contributed by atoms with van der Waals surface area (Å²) >= 11 is 0. The zero-order valence-corrected chi connectivity index (χ0v) is 8.33. The van der Waals surface area contributed by atoms with Gasteiger partial charge in [0, 0.05) is 24.3 Å². The number of anilines is 1. The minimum absolute atomic E-state index is 0.446. The van der Waals surface area contributed by atoms with Crippen LogP contribution in [0.5, 0.6) is 0 Å². The molecule has 1 heterocycles. The quantitative estimate of drug-likeness (QED) is 0.690. The lowest BCUT2D eigenvalue weighted by molar-refractivity contribution is 0.175. The summed E-state index contributed by atoms with van der Waals surface area (Å²) in [5.74, 6) is 0. The van der Waals surface area contributed by atoms with Crippen LogP contribution in [0.25, 0.3) is 0 Å². The first kappa shape index (κ1) is 9.46. The van der Waals surface area contributed by atoms with E-state index in [2.05, 4.69) is 0 Å². The van der Waals surface area contributed by atoms with E-state index >= 15 is 0 Å². The van der Waals surface area contributed by atoms with Crippen LogP contribution in [-0.2, 0) is 5.67 Å². The van der Waals surface area contributed by atoms with Crippen molar-refractivity contribution < 1.29 is 4.39 Å². The fraction of sp³-hybridized carbons (Fsp3) is 0.455. The van der Waals surface area contributed by atoms with Gasteiger partial charge in [-0.25, -0.2) is 4.39 Å². The summed E-state index contributed by atoms with van der Waals surface area (Å²) in [6.45, 7) is 1.24. The highest BCUT2D eigenvalue weighted by molar-refractivity contribution is 5.50. The van der Waals surface area contributed by atoms with Gasteiger partial charge in [-0.3, -0.25) is 0 Å². The molecule has 2 rings (SSSR count). The van der Waals surface area contributed by atoms with Gasteiger partial charge >= 0.3 is 0 Å². The predicted octanol–water partition coefficient (Wildman–Crippen LogP) is 1.77. The van der Waals surface area contributed by atoms with Crippen LogP contribution in [0.15, 0.2) is 24.3 Å². The molecule has 14 heavy (non-hydrogen) atoms. The average Bonchev–Trinajstić information content (AvgIpc) is 2.48. The first-order valence-corrected chi connectivity index (χ1v) is 4.84. The van der Waals surface area contributed by atoms with E-state index in [0.29, 0.717) is 24.2 Å². The SMILES string of the molecule is CN1CCC(F)(c2ccccc2N)C1. The Kier molecular flexibility index (Phi) is 2.19. The van der Waals surface area contributed by atoms with Crippen LogP contribution < -0.4 is 5.73 Å². The Hall–Kier alpha value is -1.09. The number of halogens is 1. The highest BCUT2D eigenvalue weighted by Crippen LogP contribution is 2.38. The van der Waals surface area contributed by atoms with Crippen molar-refractivity contribution in [3.8, 4) is 0 Å². The third-order valence-corrected chi connectivity index (χ3v) is 2.85. The Morgan fingerprint density at radius 1 is 1.43 bits per heavy atom. The third-order valence-electron chi connectivity index (χ3n) is 2.85. The van der Waals surface area contributed by atoms with Gasteiger partial charge in [-0.2, -0.15) is 0 Å². The van der Waals surface area contributed by atoms with E-state index in [1.807, 2.05) is 24.1 Å². The Labute approximate surface area is 83.5 Å². The van der Waals surface area contributed by atoms with Gasteiger partial charge in [-0.15, -0.1) is 0 Å². The number of para-hydroxylation sites is 1. The molecule has 0 bridgehead atoms. The summed E-state index contributed by atoms with van der Waals surface area (Å²) in [6.07, 6.45) is 0.539. The van der Waals surface area contributed by atoms with E-state index in [-0.39, 0.29) is 0 Å². The molecule has 1 aromatic carbocycles. The van der Waals surface area contributed by atoms with Crippen molar-refractivity contribution in [1.82, 2.24) is 4.90 Å². The lowest BCUT2D eigenvalue weighted by Crippen LogP contribution is -2.25. The maximum absolute atomic E-state index is 14.4. The topological polar surface area (TPSA) is 29.3 Å².